The molecule has 0 saturated heterocycles. The summed E-state index contributed by atoms with van der Waals surface area (Å²) in [4.78, 5) is 24.6. The Morgan fingerprint density at radius 1 is 1.47 bits per heavy atom. The van der Waals surface area contributed by atoms with Crippen molar-refractivity contribution >= 4 is 29.0 Å². The molecule has 1 saturated carbocycles. The highest BCUT2D eigenvalue weighted by Gasteiger charge is 2.41. The molecule has 1 aromatic heterocycles. The molecule has 5 nitrogen and oxygen atoms in total. The molecule has 1 amide bonds. The van der Waals surface area contributed by atoms with Gasteiger partial charge in [-0.25, -0.2) is 4.98 Å². The Bertz CT molecular complexity index is 517. The quantitative estimate of drug-likeness (QED) is 0.780. The van der Waals surface area contributed by atoms with Crippen molar-refractivity contribution in [2.24, 2.45) is 0 Å². The van der Waals surface area contributed by atoms with E-state index in [1.807, 2.05) is 6.92 Å². The lowest BCUT2D eigenvalue weighted by Crippen LogP contribution is -2.57. The van der Waals surface area contributed by atoms with Gasteiger partial charge in [-0.1, -0.05) is 6.92 Å². The van der Waals surface area contributed by atoms with Crippen LogP contribution in [0.5, 0.6) is 0 Å². The third kappa shape index (κ3) is 1.87. The maximum atomic E-state index is 12.5. The summed E-state index contributed by atoms with van der Waals surface area (Å²) in [6.07, 6.45) is 5.87. The predicted octanol–water partition coefficient (Wildman–Crippen LogP) is 2.24. The molecule has 1 unspecified atom stereocenters. The molecule has 1 aromatic rings. The van der Waals surface area contributed by atoms with Crippen LogP contribution in [-0.4, -0.2) is 35.0 Å². The Labute approximate surface area is 117 Å². The van der Waals surface area contributed by atoms with E-state index in [2.05, 4.69) is 14.9 Å². The largest absolute Gasteiger partial charge is 0.340 e. The third-order valence-electron chi connectivity index (χ3n) is 4.13. The number of aromatic nitrogens is 2. The van der Waals surface area contributed by atoms with E-state index in [9.17, 15) is 4.79 Å². The zero-order valence-electron chi connectivity index (χ0n) is 11.1. The predicted molar refractivity (Wildman–Crippen MR) is 74.6 cm³/mol. The highest BCUT2D eigenvalue weighted by Crippen LogP contribution is 2.40. The number of anilines is 2. The fourth-order valence-corrected chi connectivity index (χ4v) is 2.97. The van der Waals surface area contributed by atoms with Gasteiger partial charge in [-0.2, -0.15) is 4.98 Å². The zero-order chi connectivity index (χ0) is 13.6. The van der Waals surface area contributed by atoms with Crippen LogP contribution in [0.4, 0.5) is 11.5 Å². The number of halogens is 1. The van der Waals surface area contributed by atoms with Crippen LogP contribution in [-0.2, 0) is 4.79 Å². The molecular formula is C13H17ClN4O. The Morgan fingerprint density at radius 3 is 2.79 bits per heavy atom. The average molecular weight is 281 g/mol. The Balaban J connectivity index is 2.11. The van der Waals surface area contributed by atoms with E-state index in [4.69, 9.17) is 11.6 Å². The van der Waals surface area contributed by atoms with E-state index >= 15 is 0 Å². The van der Waals surface area contributed by atoms with Gasteiger partial charge in [0.1, 0.15) is 11.7 Å². The minimum absolute atomic E-state index is 0.118. The van der Waals surface area contributed by atoms with Crippen LogP contribution in [0, 0.1) is 0 Å². The molecule has 0 aromatic carbocycles. The van der Waals surface area contributed by atoms with Gasteiger partial charge in [-0.15, -0.1) is 0 Å². The molecule has 1 aliphatic carbocycles. The van der Waals surface area contributed by atoms with E-state index in [0.717, 1.165) is 30.8 Å². The molecule has 2 aliphatic rings. The average Bonchev–Trinajstić information content (AvgIpc) is 2.34. The summed E-state index contributed by atoms with van der Waals surface area (Å²) in [6, 6.07) is 0.279. The molecule has 102 valence electrons. The normalized spacial score (nSPS) is 23.3. The van der Waals surface area contributed by atoms with Crippen molar-refractivity contribution < 1.29 is 4.79 Å². The monoisotopic (exact) mass is 280 g/mol. The van der Waals surface area contributed by atoms with E-state index in [1.165, 1.54) is 6.42 Å². The lowest BCUT2D eigenvalue weighted by molar-refractivity contribution is -0.120. The van der Waals surface area contributed by atoms with Gasteiger partial charge in [0, 0.05) is 13.1 Å². The van der Waals surface area contributed by atoms with Crippen LogP contribution in [0.3, 0.4) is 0 Å². The highest BCUT2D eigenvalue weighted by atomic mass is 35.5. The van der Waals surface area contributed by atoms with Gasteiger partial charge < -0.3 is 9.80 Å². The number of nitrogens with zero attached hydrogens (tertiary/aromatic N) is 4. The maximum absolute atomic E-state index is 12.5. The van der Waals surface area contributed by atoms with Crippen molar-refractivity contribution in [1.82, 2.24) is 9.97 Å². The molecule has 0 spiro atoms. The first-order chi connectivity index (χ1) is 9.13. The number of hydrogen-bond acceptors (Lipinski definition) is 4. The number of fused-ring (bicyclic) bond motifs is 1. The second-order valence-corrected chi connectivity index (χ2v) is 5.50. The van der Waals surface area contributed by atoms with Crippen molar-refractivity contribution in [3.8, 4) is 0 Å². The maximum Gasteiger partial charge on any atom is 0.249 e. The van der Waals surface area contributed by atoms with Crippen LogP contribution >= 0.6 is 11.6 Å². The smallest absolute Gasteiger partial charge is 0.249 e. The molecule has 19 heavy (non-hydrogen) atoms. The summed E-state index contributed by atoms with van der Waals surface area (Å²) in [6.45, 7) is 2.04. The molecule has 0 bridgehead atoms. The second kappa shape index (κ2) is 4.63. The topological polar surface area (TPSA) is 49.3 Å². The third-order valence-corrected chi connectivity index (χ3v) is 4.31. The van der Waals surface area contributed by atoms with Crippen molar-refractivity contribution in [3.63, 3.8) is 0 Å². The number of likely N-dealkylation sites (N-methyl/N-ethyl adjacent to an activating group) is 1. The Morgan fingerprint density at radius 2 is 2.21 bits per heavy atom. The van der Waals surface area contributed by atoms with Gasteiger partial charge >= 0.3 is 0 Å². The minimum Gasteiger partial charge on any atom is -0.340 e. The number of amides is 1. The minimum atomic E-state index is -0.131. The lowest BCUT2D eigenvalue weighted by Gasteiger charge is -2.47. The van der Waals surface area contributed by atoms with Crippen LogP contribution in [0.2, 0.25) is 5.28 Å². The number of carbonyl (C=O) groups excluding carboxylic acids is 1. The molecule has 0 N–H and O–H groups in total. The van der Waals surface area contributed by atoms with Gasteiger partial charge in [-0.3, -0.25) is 4.79 Å². The first-order valence-electron chi connectivity index (χ1n) is 6.72. The molecule has 6 heteroatoms. The first-order valence-corrected chi connectivity index (χ1v) is 7.09. The SMILES string of the molecule is CCC1C(=O)N(C)c2cnc(Cl)nc2N1C1CCC1. The van der Waals surface area contributed by atoms with Gasteiger partial charge in [0.05, 0.1) is 6.20 Å². The van der Waals surface area contributed by atoms with Gasteiger partial charge in [0.15, 0.2) is 5.82 Å². The van der Waals surface area contributed by atoms with Gasteiger partial charge in [0.25, 0.3) is 0 Å². The van der Waals surface area contributed by atoms with Crippen molar-refractivity contribution in [2.45, 2.75) is 44.7 Å². The Hall–Kier alpha value is -1.36. The van der Waals surface area contributed by atoms with E-state index in [1.54, 1.807) is 18.1 Å². The van der Waals surface area contributed by atoms with Crippen LogP contribution in [0.15, 0.2) is 6.20 Å². The van der Waals surface area contributed by atoms with Crippen molar-refractivity contribution in [1.29, 1.82) is 0 Å². The van der Waals surface area contributed by atoms with Gasteiger partial charge in [-0.05, 0) is 37.3 Å². The first kappa shape index (κ1) is 12.7. The molecular weight excluding hydrogens is 264 g/mol. The highest BCUT2D eigenvalue weighted by molar-refractivity contribution is 6.28. The van der Waals surface area contributed by atoms with Gasteiger partial charge in [0.2, 0.25) is 11.2 Å². The van der Waals surface area contributed by atoms with Crippen LogP contribution < -0.4 is 9.80 Å². The standard InChI is InChI=1S/C13H17ClN4O/c1-3-9-12(19)17(2)10-7-15-13(14)16-11(10)18(9)8-5-4-6-8/h7-9H,3-6H2,1-2H3. The summed E-state index contributed by atoms with van der Waals surface area (Å²) in [5.74, 6) is 0.923. The van der Waals surface area contributed by atoms with E-state index in [0.29, 0.717) is 6.04 Å². The molecule has 2 heterocycles. The summed E-state index contributed by atoms with van der Waals surface area (Å²) in [7, 11) is 1.78. The molecule has 1 atom stereocenters. The van der Waals surface area contributed by atoms with Crippen LogP contribution in [0.25, 0.3) is 0 Å². The molecule has 0 radical (unpaired) electrons. The summed E-state index contributed by atoms with van der Waals surface area (Å²) in [5.41, 5.74) is 0.756. The summed E-state index contributed by atoms with van der Waals surface area (Å²) in [5, 5.41) is 0.237. The molecule has 1 aliphatic heterocycles. The fraction of sp³-hybridized carbons (Fsp3) is 0.615. The molecule has 3 rings (SSSR count). The van der Waals surface area contributed by atoms with E-state index in [-0.39, 0.29) is 17.2 Å². The number of hydrogen-bond donors (Lipinski definition) is 0. The van der Waals surface area contributed by atoms with Crippen molar-refractivity contribution in [3.05, 3.63) is 11.5 Å². The number of rotatable bonds is 2. The zero-order valence-corrected chi connectivity index (χ0v) is 11.9. The fourth-order valence-electron chi connectivity index (χ4n) is 2.84. The summed E-state index contributed by atoms with van der Waals surface area (Å²) < 4.78 is 0. The summed E-state index contributed by atoms with van der Waals surface area (Å²) >= 11 is 5.93. The second-order valence-electron chi connectivity index (χ2n) is 5.16. The lowest BCUT2D eigenvalue weighted by atomic mass is 9.88. The van der Waals surface area contributed by atoms with Crippen LogP contribution in [0.1, 0.15) is 32.6 Å². The molecule has 1 fully saturated rings. The van der Waals surface area contributed by atoms with Crippen molar-refractivity contribution in [2.75, 3.05) is 16.8 Å². The number of carbonyl (C=O) groups is 1. The van der Waals surface area contributed by atoms with E-state index < -0.39 is 0 Å². The Kier molecular flexibility index (Phi) is 3.09.